The Morgan fingerprint density at radius 2 is 2.00 bits per heavy atom. The highest BCUT2D eigenvalue weighted by Crippen LogP contribution is 2.16. The number of sulfonamides is 1. The van der Waals surface area contributed by atoms with E-state index in [9.17, 15) is 13.2 Å². The fraction of sp³-hybridized carbons (Fsp3) is 0.462. The molecule has 6 heteroatoms. The SMILES string of the molecule is CCNS(=O)(=O)c1cccc(C(=O)N2CCCC2)c1. The molecule has 1 heterocycles. The van der Waals surface area contributed by atoms with Gasteiger partial charge in [-0.15, -0.1) is 0 Å². The van der Waals surface area contributed by atoms with Gasteiger partial charge in [-0.2, -0.15) is 0 Å². The lowest BCUT2D eigenvalue weighted by Gasteiger charge is -2.15. The zero-order valence-corrected chi connectivity index (χ0v) is 11.7. The summed E-state index contributed by atoms with van der Waals surface area (Å²) in [5.41, 5.74) is 0.431. The zero-order chi connectivity index (χ0) is 13.9. The molecule has 0 atom stereocenters. The number of nitrogens with one attached hydrogen (secondary N) is 1. The van der Waals surface area contributed by atoms with E-state index in [1.807, 2.05) is 0 Å². The molecule has 19 heavy (non-hydrogen) atoms. The van der Waals surface area contributed by atoms with Crippen LogP contribution in [0.4, 0.5) is 0 Å². The second-order valence-electron chi connectivity index (χ2n) is 4.53. The predicted octanol–water partition coefficient (Wildman–Crippen LogP) is 1.22. The van der Waals surface area contributed by atoms with Gasteiger partial charge >= 0.3 is 0 Å². The summed E-state index contributed by atoms with van der Waals surface area (Å²) in [6, 6.07) is 6.20. The predicted molar refractivity (Wildman–Crippen MR) is 72.4 cm³/mol. The van der Waals surface area contributed by atoms with E-state index < -0.39 is 10.0 Å². The van der Waals surface area contributed by atoms with Gasteiger partial charge < -0.3 is 4.90 Å². The van der Waals surface area contributed by atoms with Crippen molar-refractivity contribution in [1.82, 2.24) is 9.62 Å². The molecule has 1 saturated heterocycles. The van der Waals surface area contributed by atoms with E-state index in [0.717, 1.165) is 25.9 Å². The number of hydrogen-bond donors (Lipinski definition) is 1. The first-order valence-electron chi connectivity index (χ1n) is 6.43. The van der Waals surface area contributed by atoms with Crippen LogP contribution in [0.3, 0.4) is 0 Å². The van der Waals surface area contributed by atoms with E-state index in [4.69, 9.17) is 0 Å². The first-order chi connectivity index (χ1) is 9.04. The topological polar surface area (TPSA) is 66.5 Å². The summed E-state index contributed by atoms with van der Waals surface area (Å²) in [7, 11) is -3.51. The molecule has 0 radical (unpaired) electrons. The third-order valence-corrected chi connectivity index (χ3v) is 4.66. The van der Waals surface area contributed by atoms with Gasteiger partial charge in [0.05, 0.1) is 4.90 Å². The number of hydrogen-bond acceptors (Lipinski definition) is 3. The molecule has 1 aromatic carbocycles. The van der Waals surface area contributed by atoms with Crippen molar-refractivity contribution in [2.75, 3.05) is 19.6 Å². The first-order valence-corrected chi connectivity index (χ1v) is 7.92. The van der Waals surface area contributed by atoms with Crippen LogP contribution < -0.4 is 4.72 Å². The highest BCUT2D eigenvalue weighted by molar-refractivity contribution is 7.89. The highest BCUT2D eigenvalue weighted by atomic mass is 32.2. The van der Waals surface area contributed by atoms with Crippen molar-refractivity contribution in [3.05, 3.63) is 29.8 Å². The molecule has 1 N–H and O–H groups in total. The van der Waals surface area contributed by atoms with Crippen LogP contribution in [-0.4, -0.2) is 38.9 Å². The second-order valence-corrected chi connectivity index (χ2v) is 6.30. The normalized spacial score (nSPS) is 15.7. The number of benzene rings is 1. The highest BCUT2D eigenvalue weighted by Gasteiger charge is 2.21. The maximum Gasteiger partial charge on any atom is 0.253 e. The van der Waals surface area contributed by atoms with Crippen LogP contribution in [0.2, 0.25) is 0 Å². The van der Waals surface area contributed by atoms with Crippen molar-refractivity contribution in [2.45, 2.75) is 24.7 Å². The third-order valence-electron chi connectivity index (χ3n) is 3.12. The molecule has 0 saturated carbocycles. The molecule has 1 aliphatic rings. The second kappa shape index (κ2) is 5.71. The minimum Gasteiger partial charge on any atom is -0.339 e. The number of rotatable bonds is 4. The third kappa shape index (κ3) is 3.13. The summed E-state index contributed by atoms with van der Waals surface area (Å²) in [5, 5.41) is 0. The zero-order valence-electron chi connectivity index (χ0n) is 10.9. The number of carbonyl (C=O) groups is 1. The van der Waals surface area contributed by atoms with Crippen molar-refractivity contribution >= 4 is 15.9 Å². The van der Waals surface area contributed by atoms with Crippen LogP contribution in [0.5, 0.6) is 0 Å². The van der Waals surface area contributed by atoms with Gasteiger partial charge in [-0.05, 0) is 31.0 Å². The van der Waals surface area contributed by atoms with Crippen LogP contribution >= 0.6 is 0 Å². The average molecular weight is 282 g/mol. The van der Waals surface area contributed by atoms with Gasteiger partial charge in [0.25, 0.3) is 5.91 Å². The maximum absolute atomic E-state index is 12.2. The van der Waals surface area contributed by atoms with Crippen LogP contribution in [0, 0.1) is 0 Å². The van der Waals surface area contributed by atoms with Crippen LogP contribution in [0.25, 0.3) is 0 Å². The Kier molecular flexibility index (Phi) is 4.21. The van der Waals surface area contributed by atoms with Gasteiger partial charge in [-0.1, -0.05) is 13.0 Å². The molecule has 1 fully saturated rings. The van der Waals surface area contributed by atoms with E-state index in [1.165, 1.54) is 12.1 Å². The number of amides is 1. The Morgan fingerprint density at radius 3 is 2.63 bits per heavy atom. The van der Waals surface area contributed by atoms with E-state index in [0.29, 0.717) is 12.1 Å². The average Bonchev–Trinajstić information content (AvgIpc) is 2.92. The summed E-state index contributed by atoms with van der Waals surface area (Å²) in [6.07, 6.45) is 2.03. The van der Waals surface area contributed by atoms with Crippen molar-refractivity contribution in [3.63, 3.8) is 0 Å². The van der Waals surface area contributed by atoms with Gasteiger partial charge in [0, 0.05) is 25.2 Å². The molecule has 0 bridgehead atoms. The van der Waals surface area contributed by atoms with Gasteiger partial charge in [-0.3, -0.25) is 4.79 Å². The summed E-state index contributed by atoms with van der Waals surface area (Å²) in [4.78, 5) is 14.1. The fourth-order valence-corrected chi connectivity index (χ4v) is 3.26. The monoisotopic (exact) mass is 282 g/mol. The Balaban J connectivity index is 2.26. The largest absolute Gasteiger partial charge is 0.339 e. The molecule has 0 aromatic heterocycles. The Bertz CT molecular complexity index is 563. The maximum atomic E-state index is 12.2. The smallest absolute Gasteiger partial charge is 0.253 e. The van der Waals surface area contributed by atoms with Gasteiger partial charge in [-0.25, -0.2) is 13.1 Å². The van der Waals surface area contributed by atoms with Crippen LogP contribution in [-0.2, 0) is 10.0 Å². The summed E-state index contributed by atoms with van der Waals surface area (Å²) in [5.74, 6) is -0.0916. The quantitative estimate of drug-likeness (QED) is 0.903. The van der Waals surface area contributed by atoms with Crippen molar-refractivity contribution in [3.8, 4) is 0 Å². The van der Waals surface area contributed by atoms with Crippen molar-refractivity contribution in [1.29, 1.82) is 0 Å². The molecule has 5 nitrogen and oxygen atoms in total. The number of carbonyl (C=O) groups excluding carboxylic acids is 1. The number of likely N-dealkylation sites (tertiary alicyclic amines) is 1. The molecule has 1 amide bonds. The minimum atomic E-state index is -3.51. The standard InChI is InChI=1S/C13H18N2O3S/c1-2-14-19(17,18)12-7-5-6-11(10-12)13(16)15-8-3-4-9-15/h5-7,10,14H,2-4,8-9H2,1H3. The van der Waals surface area contributed by atoms with E-state index in [2.05, 4.69) is 4.72 Å². The fourth-order valence-electron chi connectivity index (χ4n) is 2.17. The van der Waals surface area contributed by atoms with Crippen LogP contribution in [0.1, 0.15) is 30.1 Å². The summed E-state index contributed by atoms with van der Waals surface area (Å²) >= 11 is 0. The Hall–Kier alpha value is -1.40. The molecule has 2 rings (SSSR count). The molecule has 0 unspecified atom stereocenters. The van der Waals surface area contributed by atoms with Gasteiger partial charge in [0.1, 0.15) is 0 Å². The molecule has 1 aliphatic heterocycles. The van der Waals surface area contributed by atoms with Gasteiger partial charge in [0.15, 0.2) is 0 Å². The lowest BCUT2D eigenvalue weighted by atomic mass is 10.2. The summed E-state index contributed by atoms with van der Waals surface area (Å²) in [6.45, 7) is 3.55. The molecule has 104 valence electrons. The Morgan fingerprint density at radius 1 is 1.32 bits per heavy atom. The molecular formula is C13H18N2O3S. The molecule has 0 aliphatic carbocycles. The first kappa shape index (κ1) is 14.0. The lowest BCUT2D eigenvalue weighted by molar-refractivity contribution is 0.0792. The van der Waals surface area contributed by atoms with E-state index in [1.54, 1.807) is 24.0 Å². The minimum absolute atomic E-state index is 0.0916. The molecular weight excluding hydrogens is 264 g/mol. The molecule has 1 aromatic rings. The van der Waals surface area contributed by atoms with Crippen molar-refractivity contribution in [2.24, 2.45) is 0 Å². The van der Waals surface area contributed by atoms with Crippen molar-refractivity contribution < 1.29 is 13.2 Å². The lowest BCUT2D eigenvalue weighted by Crippen LogP contribution is -2.28. The Labute approximate surface area is 113 Å². The number of nitrogens with zero attached hydrogens (tertiary/aromatic N) is 1. The van der Waals surface area contributed by atoms with E-state index >= 15 is 0 Å². The molecule has 0 spiro atoms. The van der Waals surface area contributed by atoms with Crippen LogP contribution in [0.15, 0.2) is 29.2 Å². The van der Waals surface area contributed by atoms with E-state index in [-0.39, 0.29) is 10.8 Å². The summed E-state index contributed by atoms with van der Waals surface area (Å²) < 4.78 is 26.2. The van der Waals surface area contributed by atoms with Gasteiger partial charge in [0.2, 0.25) is 10.0 Å².